The molecule has 1 fully saturated rings. The molecule has 0 bridgehead atoms. The van der Waals surface area contributed by atoms with E-state index in [1.807, 2.05) is 23.1 Å². The number of benzene rings is 2. The molecule has 43 heavy (non-hydrogen) atoms. The van der Waals surface area contributed by atoms with Crippen molar-refractivity contribution in [3.63, 3.8) is 0 Å². The molecule has 1 saturated carbocycles. The molecule has 5 rings (SSSR count). The van der Waals surface area contributed by atoms with Gasteiger partial charge >= 0.3 is 0 Å². The molecule has 1 N–H and O–H groups in total. The van der Waals surface area contributed by atoms with Crippen LogP contribution >= 0.6 is 0 Å². The number of halogens is 1. The Morgan fingerprint density at radius 3 is 2.58 bits per heavy atom. The summed E-state index contributed by atoms with van der Waals surface area (Å²) in [6.45, 7) is 5.26. The van der Waals surface area contributed by atoms with Gasteiger partial charge in [-0.25, -0.2) is 12.8 Å². The number of nitrogens with zero attached hydrogens (tertiary/aromatic N) is 3. The number of carbonyl (C=O) groups is 1. The minimum absolute atomic E-state index is 0.0569. The lowest BCUT2D eigenvalue weighted by molar-refractivity contribution is -0.131. The summed E-state index contributed by atoms with van der Waals surface area (Å²) in [4.78, 5) is 20.6. The van der Waals surface area contributed by atoms with Crippen LogP contribution in [-0.4, -0.2) is 49.0 Å². The van der Waals surface area contributed by atoms with Crippen LogP contribution in [0, 0.1) is 13.8 Å². The van der Waals surface area contributed by atoms with E-state index in [1.165, 1.54) is 6.07 Å². The first-order chi connectivity index (χ1) is 20.7. The van der Waals surface area contributed by atoms with Crippen molar-refractivity contribution in [3.05, 3.63) is 64.9 Å². The average Bonchev–Trinajstić information content (AvgIpc) is 3.67. The minimum atomic E-state index is -4.05. The number of amides is 1. The number of aryl methyl sites for hydroxylation is 1. The van der Waals surface area contributed by atoms with Gasteiger partial charge in [-0.2, -0.15) is 0 Å². The molecule has 1 spiro atoms. The number of unbranched alkanes of at least 4 members (excludes halogenated alkanes) is 1. The molecule has 2 aliphatic rings. The Hall–Kier alpha value is -3.57. The summed E-state index contributed by atoms with van der Waals surface area (Å²) < 4.78 is 53.4. The third-order valence-electron chi connectivity index (χ3n) is 8.33. The van der Waals surface area contributed by atoms with E-state index in [9.17, 15) is 17.6 Å². The van der Waals surface area contributed by atoms with Crippen molar-refractivity contribution in [2.24, 2.45) is 4.99 Å². The van der Waals surface area contributed by atoms with Crippen LogP contribution in [-0.2, 0) is 32.7 Å². The molecule has 0 radical (unpaired) electrons. The summed E-state index contributed by atoms with van der Waals surface area (Å²) in [5.41, 5.74) is 2.63. The molecule has 3 aromatic rings. The molecular formula is C32H39FN4O5S. The quantitative estimate of drug-likeness (QED) is 0.221. The van der Waals surface area contributed by atoms with Crippen LogP contribution in [0.3, 0.4) is 0 Å². The van der Waals surface area contributed by atoms with Crippen LogP contribution in [0.4, 0.5) is 10.2 Å². The normalized spacial score (nSPS) is 16.3. The van der Waals surface area contributed by atoms with E-state index in [0.717, 1.165) is 56.3 Å². The van der Waals surface area contributed by atoms with Gasteiger partial charge in [0, 0.05) is 17.5 Å². The fraction of sp³-hybridized carbons (Fsp3) is 0.469. The average molecular weight is 611 g/mol. The lowest BCUT2D eigenvalue weighted by Crippen LogP contribution is -2.40. The van der Waals surface area contributed by atoms with Crippen molar-refractivity contribution in [2.45, 2.75) is 89.3 Å². The maximum atomic E-state index is 13.7. The Bertz CT molecular complexity index is 1610. The number of anilines is 1. The highest BCUT2D eigenvalue weighted by Crippen LogP contribution is 2.40. The number of ether oxygens (including phenoxy) is 1. The predicted molar refractivity (Wildman–Crippen MR) is 163 cm³/mol. The Balaban J connectivity index is 1.49. The summed E-state index contributed by atoms with van der Waals surface area (Å²) in [6, 6.07) is 12.3. The van der Waals surface area contributed by atoms with E-state index >= 15 is 0 Å². The second-order valence-electron chi connectivity index (χ2n) is 11.3. The zero-order chi connectivity index (χ0) is 30.6. The number of aromatic nitrogens is 1. The lowest BCUT2D eigenvalue weighted by Gasteiger charge is -2.23. The maximum Gasteiger partial charge on any atom is 0.263 e. The van der Waals surface area contributed by atoms with Gasteiger partial charge in [0.15, 0.2) is 5.82 Å². The van der Waals surface area contributed by atoms with Crippen molar-refractivity contribution >= 4 is 27.6 Å². The van der Waals surface area contributed by atoms with Gasteiger partial charge in [-0.15, -0.1) is 0 Å². The SMILES string of the molecule is CCCCC1=NC2(CCCC2)C(=O)N1Cc1ccc(-c2ccccc2S(=O)(=O)Nc2noc(C)c2C)c(COCCF)c1. The molecule has 2 aromatic carbocycles. The van der Waals surface area contributed by atoms with Crippen LogP contribution in [0.5, 0.6) is 0 Å². The van der Waals surface area contributed by atoms with Gasteiger partial charge < -0.3 is 9.26 Å². The smallest absolute Gasteiger partial charge is 0.263 e. The molecule has 0 atom stereocenters. The fourth-order valence-electron chi connectivity index (χ4n) is 5.86. The summed E-state index contributed by atoms with van der Waals surface area (Å²) in [6.07, 6.45) is 6.28. The number of sulfonamides is 1. The first-order valence-electron chi connectivity index (χ1n) is 14.9. The molecule has 0 unspecified atom stereocenters. The molecular weight excluding hydrogens is 571 g/mol. The van der Waals surface area contributed by atoms with Gasteiger partial charge in [0.2, 0.25) is 0 Å². The lowest BCUT2D eigenvalue weighted by atomic mass is 9.96. The standard InChI is InChI=1S/C32H39FN4O5S/c1-4-5-12-29-34-32(15-8-9-16-32)31(38)37(29)20-24-13-14-26(25(19-24)21-41-18-17-33)27-10-6-7-11-28(27)43(39,40)36-30-22(2)23(3)42-35-30/h6-7,10-11,13-14,19H,4-5,8-9,12,15-18,20-21H2,1-3H3,(H,35,36). The number of nitrogens with one attached hydrogen (secondary N) is 1. The van der Waals surface area contributed by atoms with Gasteiger partial charge in [-0.3, -0.25) is 19.4 Å². The van der Waals surface area contributed by atoms with Crippen LogP contribution < -0.4 is 4.72 Å². The van der Waals surface area contributed by atoms with Crippen LogP contribution in [0.15, 0.2) is 56.9 Å². The molecule has 1 aromatic heterocycles. The van der Waals surface area contributed by atoms with Crippen molar-refractivity contribution < 1.29 is 26.9 Å². The number of aliphatic imine (C=N–C) groups is 1. The minimum Gasteiger partial charge on any atom is -0.374 e. The highest BCUT2D eigenvalue weighted by atomic mass is 32.2. The van der Waals surface area contributed by atoms with Gasteiger partial charge in [0.1, 0.15) is 23.8 Å². The van der Waals surface area contributed by atoms with E-state index in [0.29, 0.717) is 34.6 Å². The number of hydrogen-bond acceptors (Lipinski definition) is 7. The second kappa shape index (κ2) is 13.0. The van der Waals surface area contributed by atoms with Crippen LogP contribution in [0.2, 0.25) is 0 Å². The number of amidine groups is 1. The molecule has 11 heteroatoms. The van der Waals surface area contributed by atoms with Crippen molar-refractivity contribution in [3.8, 4) is 11.1 Å². The van der Waals surface area contributed by atoms with Crippen molar-refractivity contribution in [1.82, 2.24) is 10.1 Å². The zero-order valence-corrected chi connectivity index (χ0v) is 25.8. The third-order valence-corrected chi connectivity index (χ3v) is 9.72. The number of carbonyl (C=O) groups excluding carboxylic acids is 1. The first-order valence-corrected chi connectivity index (χ1v) is 16.4. The number of alkyl halides is 1. The monoisotopic (exact) mass is 610 g/mol. The van der Waals surface area contributed by atoms with Crippen LogP contribution in [0.1, 0.15) is 74.3 Å². The van der Waals surface area contributed by atoms with Gasteiger partial charge in [0.05, 0.1) is 24.7 Å². The maximum absolute atomic E-state index is 13.7. The summed E-state index contributed by atoms with van der Waals surface area (Å²) in [5, 5.41) is 3.85. The molecule has 2 heterocycles. The molecule has 0 saturated heterocycles. The highest BCUT2D eigenvalue weighted by molar-refractivity contribution is 7.92. The fourth-order valence-corrected chi connectivity index (χ4v) is 7.14. The van der Waals surface area contributed by atoms with Gasteiger partial charge in [-0.1, -0.05) is 67.7 Å². The molecule has 9 nitrogen and oxygen atoms in total. The highest BCUT2D eigenvalue weighted by Gasteiger charge is 2.49. The van der Waals surface area contributed by atoms with Gasteiger partial charge in [-0.05, 0) is 55.9 Å². The number of rotatable bonds is 13. The van der Waals surface area contributed by atoms with Crippen molar-refractivity contribution in [2.75, 3.05) is 18.0 Å². The summed E-state index contributed by atoms with van der Waals surface area (Å²) in [7, 11) is -4.05. The van der Waals surface area contributed by atoms with Crippen molar-refractivity contribution in [1.29, 1.82) is 0 Å². The summed E-state index contributed by atoms with van der Waals surface area (Å²) >= 11 is 0. The third kappa shape index (κ3) is 6.38. The van der Waals surface area contributed by atoms with E-state index in [-0.39, 0.29) is 29.8 Å². The Labute approximate surface area is 252 Å². The molecule has 1 amide bonds. The largest absolute Gasteiger partial charge is 0.374 e. The second-order valence-corrected chi connectivity index (χ2v) is 13.0. The van der Waals surface area contributed by atoms with E-state index in [4.69, 9.17) is 14.3 Å². The van der Waals surface area contributed by atoms with Crippen LogP contribution in [0.25, 0.3) is 11.1 Å². The molecule has 1 aliphatic carbocycles. The van der Waals surface area contributed by atoms with E-state index in [1.54, 1.807) is 32.0 Å². The predicted octanol–water partition coefficient (Wildman–Crippen LogP) is 6.49. The van der Waals surface area contributed by atoms with Gasteiger partial charge in [0.25, 0.3) is 15.9 Å². The Morgan fingerprint density at radius 1 is 1.12 bits per heavy atom. The number of hydrogen-bond donors (Lipinski definition) is 1. The van der Waals surface area contributed by atoms with E-state index in [2.05, 4.69) is 16.8 Å². The van der Waals surface area contributed by atoms with E-state index < -0.39 is 22.2 Å². The Morgan fingerprint density at radius 2 is 1.88 bits per heavy atom. The Kier molecular flexibility index (Phi) is 9.31. The molecule has 1 aliphatic heterocycles. The summed E-state index contributed by atoms with van der Waals surface area (Å²) in [5.74, 6) is 1.56. The molecule has 230 valence electrons. The first kappa shape index (κ1) is 30.9. The topological polar surface area (TPSA) is 114 Å². The zero-order valence-electron chi connectivity index (χ0n) is 25.0.